The van der Waals surface area contributed by atoms with Gasteiger partial charge in [-0.05, 0) is 18.2 Å². The van der Waals surface area contributed by atoms with Crippen molar-refractivity contribution in [3.8, 4) is 0 Å². The predicted octanol–water partition coefficient (Wildman–Crippen LogP) is -0.345. The zero-order valence-corrected chi connectivity index (χ0v) is 8.69. The first kappa shape index (κ1) is 11.8. The third kappa shape index (κ3) is 3.16. The lowest BCUT2D eigenvalue weighted by Crippen LogP contribution is -2.17. The van der Waals surface area contributed by atoms with Gasteiger partial charge < -0.3 is 22.5 Å². The van der Waals surface area contributed by atoms with E-state index in [4.69, 9.17) is 17.2 Å². The molecule has 6 nitrogen and oxygen atoms in total. The van der Waals surface area contributed by atoms with Crippen LogP contribution in [0.15, 0.2) is 18.2 Å². The summed E-state index contributed by atoms with van der Waals surface area (Å²) in [6, 6.07) is 4.66. The minimum atomic E-state index is -0.530. The van der Waals surface area contributed by atoms with Crippen LogP contribution < -0.4 is 22.5 Å². The average molecular weight is 222 g/mol. The fourth-order valence-electron chi connectivity index (χ4n) is 1.18. The molecule has 0 aromatic heterocycles. The molecule has 0 spiro atoms. The Morgan fingerprint density at radius 1 is 1.25 bits per heavy atom. The van der Waals surface area contributed by atoms with Crippen molar-refractivity contribution in [2.75, 3.05) is 17.6 Å². The first-order valence-electron chi connectivity index (χ1n) is 4.72. The number of amides is 2. The number of carbonyl (C=O) groups is 2. The summed E-state index contributed by atoms with van der Waals surface area (Å²) in [4.78, 5) is 21.5. The van der Waals surface area contributed by atoms with Crippen LogP contribution in [-0.2, 0) is 4.79 Å². The van der Waals surface area contributed by atoms with Crippen molar-refractivity contribution in [1.82, 2.24) is 0 Å². The van der Waals surface area contributed by atoms with Gasteiger partial charge in [0.05, 0.1) is 11.4 Å². The van der Waals surface area contributed by atoms with Crippen LogP contribution >= 0.6 is 0 Å². The van der Waals surface area contributed by atoms with E-state index < -0.39 is 11.8 Å². The van der Waals surface area contributed by atoms with Crippen LogP contribution in [0.5, 0.6) is 0 Å². The summed E-state index contributed by atoms with van der Waals surface area (Å²) in [5.74, 6) is -0.935. The molecule has 0 aliphatic heterocycles. The molecule has 0 heterocycles. The Bertz CT molecular complexity index is 417. The number of nitrogens with one attached hydrogen (secondary N) is 1. The van der Waals surface area contributed by atoms with Gasteiger partial charge in [0.1, 0.15) is 0 Å². The molecule has 2 amide bonds. The number of nitrogen functional groups attached to an aromatic ring is 1. The highest BCUT2D eigenvalue weighted by molar-refractivity contribution is 5.94. The lowest BCUT2D eigenvalue weighted by Gasteiger charge is -2.09. The molecule has 0 atom stereocenters. The quantitative estimate of drug-likeness (QED) is 0.508. The van der Waals surface area contributed by atoms with E-state index >= 15 is 0 Å². The van der Waals surface area contributed by atoms with Gasteiger partial charge in [0.25, 0.3) is 0 Å². The molecule has 1 aromatic carbocycles. The molecule has 0 fully saturated rings. The van der Waals surface area contributed by atoms with Gasteiger partial charge in [0, 0.05) is 18.5 Å². The minimum Gasteiger partial charge on any atom is -0.397 e. The standard InChI is InChI=1S/C10H14N4O2/c11-7-2-1-6(10(13)16)5-8(7)14-4-3-9(12)15/h1-2,5,14H,3-4,11H2,(H2,12,15)(H2,13,16). The van der Waals surface area contributed by atoms with Crippen LogP contribution in [0.25, 0.3) is 0 Å². The second kappa shape index (κ2) is 5.01. The predicted molar refractivity (Wildman–Crippen MR) is 61.7 cm³/mol. The van der Waals surface area contributed by atoms with Gasteiger partial charge in [0.15, 0.2) is 0 Å². The van der Waals surface area contributed by atoms with Gasteiger partial charge in [-0.15, -0.1) is 0 Å². The average Bonchev–Trinajstić information content (AvgIpc) is 2.20. The fourth-order valence-corrected chi connectivity index (χ4v) is 1.18. The maximum absolute atomic E-state index is 10.9. The molecule has 0 aliphatic carbocycles. The summed E-state index contributed by atoms with van der Waals surface area (Å²) in [5, 5.41) is 2.91. The number of hydrogen-bond donors (Lipinski definition) is 4. The summed E-state index contributed by atoms with van der Waals surface area (Å²) in [7, 11) is 0. The van der Waals surface area contributed by atoms with E-state index in [-0.39, 0.29) is 6.42 Å². The van der Waals surface area contributed by atoms with Crippen molar-refractivity contribution in [1.29, 1.82) is 0 Å². The van der Waals surface area contributed by atoms with E-state index in [1.54, 1.807) is 12.1 Å². The molecule has 0 saturated heterocycles. The summed E-state index contributed by atoms with van der Waals surface area (Å²) in [6.45, 7) is 0.363. The number of hydrogen-bond acceptors (Lipinski definition) is 4. The molecule has 0 saturated carbocycles. The third-order valence-electron chi connectivity index (χ3n) is 2.02. The highest BCUT2D eigenvalue weighted by Crippen LogP contribution is 2.19. The Hall–Kier alpha value is -2.24. The smallest absolute Gasteiger partial charge is 0.248 e. The van der Waals surface area contributed by atoms with Crippen molar-refractivity contribution in [3.63, 3.8) is 0 Å². The molecule has 6 heteroatoms. The molecule has 86 valence electrons. The van der Waals surface area contributed by atoms with Crippen molar-refractivity contribution in [2.24, 2.45) is 11.5 Å². The lowest BCUT2D eigenvalue weighted by molar-refractivity contribution is -0.117. The van der Waals surface area contributed by atoms with E-state index in [1.807, 2.05) is 0 Å². The fraction of sp³-hybridized carbons (Fsp3) is 0.200. The number of rotatable bonds is 5. The minimum absolute atomic E-state index is 0.195. The van der Waals surface area contributed by atoms with Gasteiger partial charge in [0.2, 0.25) is 11.8 Å². The maximum Gasteiger partial charge on any atom is 0.248 e. The summed E-state index contributed by atoms with van der Waals surface area (Å²) in [6.07, 6.45) is 0.195. The van der Waals surface area contributed by atoms with Crippen molar-refractivity contribution in [2.45, 2.75) is 6.42 Å². The van der Waals surface area contributed by atoms with Crippen LogP contribution in [0.2, 0.25) is 0 Å². The van der Waals surface area contributed by atoms with E-state index in [2.05, 4.69) is 5.32 Å². The molecular formula is C10H14N4O2. The molecule has 0 radical (unpaired) electrons. The number of carbonyl (C=O) groups excluding carboxylic acids is 2. The molecule has 16 heavy (non-hydrogen) atoms. The zero-order chi connectivity index (χ0) is 12.1. The third-order valence-corrected chi connectivity index (χ3v) is 2.02. The van der Waals surface area contributed by atoms with Gasteiger partial charge >= 0.3 is 0 Å². The second-order valence-corrected chi connectivity index (χ2v) is 3.31. The van der Waals surface area contributed by atoms with Crippen molar-refractivity contribution >= 4 is 23.2 Å². The molecule has 1 aromatic rings. The Labute approximate surface area is 92.8 Å². The molecule has 1 rings (SSSR count). The van der Waals surface area contributed by atoms with E-state index in [0.717, 1.165) is 0 Å². The number of benzene rings is 1. The maximum atomic E-state index is 10.9. The van der Waals surface area contributed by atoms with Gasteiger partial charge in [-0.3, -0.25) is 9.59 Å². The monoisotopic (exact) mass is 222 g/mol. The van der Waals surface area contributed by atoms with E-state index in [0.29, 0.717) is 23.5 Å². The highest BCUT2D eigenvalue weighted by atomic mass is 16.1. The molecule has 0 bridgehead atoms. The number of primary amides is 2. The number of nitrogens with two attached hydrogens (primary N) is 3. The lowest BCUT2D eigenvalue weighted by atomic mass is 10.1. The van der Waals surface area contributed by atoms with E-state index in [1.165, 1.54) is 6.07 Å². The largest absolute Gasteiger partial charge is 0.397 e. The molecule has 0 aliphatic rings. The molecule has 7 N–H and O–H groups in total. The Balaban J connectivity index is 2.74. The topological polar surface area (TPSA) is 124 Å². The van der Waals surface area contributed by atoms with Crippen molar-refractivity contribution < 1.29 is 9.59 Å². The number of anilines is 2. The van der Waals surface area contributed by atoms with Crippen molar-refractivity contribution in [3.05, 3.63) is 23.8 Å². The zero-order valence-electron chi connectivity index (χ0n) is 8.69. The summed E-state index contributed by atoms with van der Waals surface area (Å²) < 4.78 is 0. The first-order chi connectivity index (χ1) is 7.50. The van der Waals surface area contributed by atoms with Crippen LogP contribution in [0.1, 0.15) is 16.8 Å². The van der Waals surface area contributed by atoms with Crippen LogP contribution in [0, 0.1) is 0 Å². The second-order valence-electron chi connectivity index (χ2n) is 3.31. The van der Waals surface area contributed by atoms with Crippen LogP contribution in [-0.4, -0.2) is 18.4 Å². The Morgan fingerprint density at radius 2 is 1.94 bits per heavy atom. The summed E-state index contributed by atoms with van der Waals surface area (Å²) >= 11 is 0. The SMILES string of the molecule is NC(=O)CCNc1cc(C(N)=O)ccc1N. The first-order valence-corrected chi connectivity index (χ1v) is 4.72. The summed E-state index contributed by atoms with van der Waals surface area (Å²) in [5.41, 5.74) is 17.2. The molecular weight excluding hydrogens is 208 g/mol. The van der Waals surface area contributed by atoms with E-state index in [9.17, 15) is 9.59 Å². The van der Waals surface area contributed by atoms with Crippen LogP contribution in [0.3, 0.4) is 0 Å². The normalized spacial score (nSPS) is 9.75. The Kier molecular flexibility index (Phi) is 3.71. The van der Waals surface area contributed by atoms with Gasteiger partial charge in [-0.2, -0.15) is 0 Å². The highest BCUT2D eigenvalue weighted by Gasteiger charge is 2.05. The Morgan fingerprint density at radius 3 is 2.50 bits per heavy atom. The van der Waals surface area contributed by atoms with Gasteiger partial charge in [-0.25, -0.2) is 0 Å². The van der Waals surface area contributed by atoms with Crippen LogP contribution in [0.4, 0.5) is 11.4 Å². The van der Waals surface area contributed by atoms with Gasteiger partial charge in [-0.1, -0.05) is 0 Å². The molecule has 0 unspecified atom stereocenters.